The van der Waals surface area contributed by atoms with Gasteiger partial charge >= 0.3 is 0 Å². The first kappa shape index (κ1) is 24.9. The smallest absolute Gasteiger partial charge is 0 e. The second kappa shape index (κ2) is 15.8. The molecular weight excluding hydrogens is 166 g/mol. The molecule has 0 bridgehead atoms. The molecule has 0 atom stereocenters. The zero-order chi connectivity index (χ0) is 0. The van der Waals surface area contributed by atoms with Gasteiger partial charge in [0, 0.05) is 105 Å². The van der Waals surface area contributed by atoms with Crippen LogP contribution in [-0.4, -0.2) is 105 Å². The van der Waals surface area contributed by atoms with Crippen molar-refractivity contribution in [1.82, 2.24) is 0 Å². The normalized spacial score (nSPS) is 0. The molecule has 12 valence electrons. The van der Waals surface area contributed by atoms with Gasteiger partial charge in [0.25, 0.3) is 0 Å². The second-order valence-corrected chi connectivity index (χ2v) is 0. The van der Waals surface area contributed by atoms with Crippen LogP contribution in [0.25, 0.3) is 0 Å². The van der Waals surface area contributed by atoms with E-state index in [9.17, 15) is 0 Å². The maximum Gasteiger partial charge on any atom is 0 e. The van der Waals surface area contributed by atoms with Crippen molar-refractivity contribution >= 4 is 118 Å². The monoisotopic (exact) mass is 168 g/mol. The molecule has 0 amide bonds. The van der Waals surface area contributed by atoms with Gasteiger partial charge in [-0.05, 0) is 0 Å². The van der Waals surface area contributed by atoms with Gasteiger partial charge in [0.1, 0.15) is 0 Å². The van der Waals surface area contributed by atoms with E-state index in [-0.39, 0.29) is 118 Å². The molecule has 0 rings (SSSR count). The van der Waals surface area contributed by atoms with Gasteiger partial charge in [0.2, 0.25) is 0 Å². The Hall–Kier alpha value is 3.83. The van der Waals surface area contributed by atoms with Crippen LogP contribution in [-0.2, 0) is 0 Å². The Balaban J connectivity index is 0. The third-order valence-electron chi connectivity index (χ3n) is 0. The van der Waals surface area contributed by atoms with E-state index in [0.717, 1.165) is 0 Å². The van der Waals surface area contributed by atoms with Crippen LogP contribution in [0.3, 0.4) is 0 Å². The van der Waals surface area contributed by atoms with E-state index in [1.54, 1.807) is 0 Å². The number of hydrogen-bond donors (Lipinski definition) is 0. The molecule has 0 saturated carbocycles. The van der Waals surface area contributed by atoms with Crippen molar-refractivity contribution in [3.63, 3.8) is 0 Å². The van der Waals surface area contributed by atoms with E-state index in [1.807, 2.05) is 0 Å². The first-order chi connectivity index (χ1) is 0. The Morgan fingerprint density at radius 1 is 0.750 bits per heavy atom. The summed E-state index contributed by atoms with van der Waals surface area (Å²) in [6.45, 7) is 0. The van der Waals surface area contributed by atoms with Gasteiger partial charge in [-0.2, -0.15) is 13.5 Å². The molecule has 0 heterocycles. The van der Waals surface area contributed by atoms with Gasteiger partial charge in [-0.3, -0.25) is 0 Å². The van der Waals surface area contributed by atoms with Gasteiger partial charge in [0.05, 0.1) is 0 Å². The Morgan fingerprint density at radius 2 is 0.750 bits per heavy atom. The van der Waals surface area contributed by atoms with Crippen molar-refractivity contribution in [3.05, 3.63) is 0 Å². The van der Waals surface area contributed by atoms with Crippen molar-refractivity contribution in [1.29, 1.82) is 0 Å². The summed E-state index contributed by atoms with van der Waals surface area (Å²) >= 11 is 0. The van der Waals surface area contributed by atoms with E-state index in [4.69, 9.17) is 0 Å². The summed E-state index contributed by atoms with van der Waals surface area (Å²) in [5, 5.41) is 0. The van der Waals surface area contributed by atoms with E-state index in [2.05, 4.69) is 0 Å². The Kier molecular flexibility index (Phi) is 98.5. The predicted molar refractivity (Wildman–Crippen MR) is 27.6 cm³/mol. The fourth-order valence-electron chi connectivity index (χ4n) is 0. The average molecular weight is 168 g/mol. The van der Waals surface area contributed by atoms with Crippen LogP contribution in [0.2, 0.25) is 0 Å². The third-order valence-corrected chi connectivity index (χ3v) is 0. The van der Waals surface area contributed by atoms with E-state index >= 15 is 0 Å². The first-order valence-electron chi connectivity index (χ1n) is 0. The zero-order valence-corrected chi connectivity index (χ0v) is 11.7. The van der Waals surface area contributed by atoms with Crippen LogP contribution < -0.4 is 0 Å². The molecule has 0 aromatic rings. The summed E-state index contributed by atoms with van der Waals surface area (Å²) in [5.74, 6) is 0. The van der Waals surface area contributed by atoms with E-state index < -0.39 is 0 Å². The van der Waals surface area contributed by atoms with E-state index in [1.165, 1.54) is 0 Å². The van der Waals surface area contributed by atoms with Crippen molar-refractivity contribution < 1.29 is 0 Å². The fourth-order valence-corrected chi connectivity index (χ4v) is 0. The molecule has 0 fully saturated rings. The van der Waals surface area contributed by atoms with Crippen molar-refractivity contribution in [2.24, 2.45) is 0 Å². The van der Waals surface area contributed by atoms with Crippen LogP contribution >= 0.6 is 13.5 Å². The maximum atomic E-state index is 0. The molecular formula is H2Na2SSr. The summed E-state index contributed by atoms with van der Waals surface area (Å²) < 4.78 is 0. The summed E-state index contributed by atoms with van der Waals surface area (Å²) in [5.41, 5.74) is 0. The summed E-state index contributed by atoms with van der Waals surface area (Å²) in [7, 11) is 0. The quantitative estimate of drug-likeness (QED) is 0.405. The van der Waals surface area contributed by atoms with Gasteiger partial charge in [0.15, 0.2) is 0 Å². The molecule has 4 heavy (non-hydrogen) atoms. The first-order valence-corrected chi connectivity index (χ1v) is 0. The Bertz CT molecular complexity index is 6.00. The SMILES string of the molecule is S.[Na].[Na].[Sr]. The summed E-state index contributed by atoms with van der Waals surface area (Å²) in [4.78, 5) is 0. The molecule has 0 aromatic heterocycles. The molecule has 4 heteroatoms. The molecule has 0 saturated heterocycles. The maximum absolute atomic E-state index is 0. The van der Waals surface area contributed by atoms with Gasteiger partial charge in [-0.25, -0.2) is 0 Å². The van der Waals surface area contributed by atoms with Crippen LogP contribution in [0.1, 0.15) is 0 Å². The van der Waals surface area contributed by atoms with Crippen molar-refractivity contribution in [3.8, 4) is 0 Å². The molecule has 0 aromatic carbocycles. The molecule has 0 aliphatic carbocycles. The third kappa shape index (κ3) is 9.27. The summed E-state index contributed by atoms with van der Waals surface area (Å²) in [6.07, 6.45) is 0. The minimum absolute atomic E-state index is 0. The molecule has 0 nitrogen and oxygen atoms in total. The van der Waals surface area contributed by atoms with Crippen molar-refractivity contribution in [2.45, 2.75) is 0 Å². The van der Waals surface area contributed by atoms with Crippen LogP contribution in [0, 0.1) is 0 Å². The molecule has 4 radical (unpaired) electrons. The topological polar surface area (TPSA) is 0 Å². The Labute approximate surface area is 115 Å². The summed E-state index contributed by atoms with van der Waals surface area (Å²) in [6, 6.07) is 0. The minimum atomic E-state index is 0. The van der Waals surface area contributed by atoms with Crippen LogP contribution in [0.4, 0.5) is 0 Å². The molecule has 0 unspecified atom stereocenters. The molecule has 0 aliphatic rings. The second-order valence-electron chi connectivity index (χ2n) is 0. The molecule has 0 N–H and O–H groups in total. The minimum Gasteiger partial charge on any atom is -0.197 e. The molecule has 0 aliphatic heterocycles. The standard InChI is InChI=1S/2Na.H2S.Sr/h;;1H2;. The van der Waals surface area contributed by atoms with Gasteiger partial charge in [-0.15, -0.1) is 0 Å². The van der Waals surface area contributed by atoms with E-state index in [0.29, 0.717) is 0 Å². The number of hydrogen-bond acceptors (Lipinski definition) is 0. The predicted octanol–water partition coefficient (Wildman–Crippen LogP) is -1.03. The van der Waals surface area contributed by atoms with Crippen LogP contribution in [0.5, 0.6) is 0 Å². The zero-order valence-electron chi connectivity index (χ0n) is 3.21. The van der Waals surface area contributed by atoms with Gasteiger partial charge in [-0.1, -0.05) is 0 Å². The molecule has 0 spiro atoms. The largest absolute Gasteiger partial charge is 0.197 e. The fraction of sp³-hybridized carbons (Fsp3) is 0. The Morgan fingerprint density at radius 3 is 0.750 bits per heavy atom. The van der Waals surface area contributed by atoms with Crippen LogP contribution in [0.15, 0.2) is 0 Å². The van der Waals surface area contributed by atoms with Crippen molar-refractivity contribution in [2.75, 3.05) is 0 Å². The van der Waals surface area contributed by atoms with Gasteiger partial charge < -0.3 is 0 Å². The number of rotatable bonds is 0. The average Bonchev–Trinajstić information content (AvgIpc) is 0.